The monoisotopic (exact) mass is 330 g/mol. The Morgan fingerprint density at radius 3 is 2.44 bits per heavy atom. The van der Waals surface area contributed by atoms with Crippen molar-refractivity contribution in [3.8, 4) is 17.0 Å². The van der Waals surface area contributed by atoms with Gasteiger partial charge in [0, 0.05) is 23.5 Å². The molecule has 25 heavy (non-hydrogen) atoms. The molecule has 0 aliphatic carbocycles. The Balaban J connectivity index is 1.90. The van der Waals surface area contributed by atoms with Crippen molar-refractivity contribution in [1.82, 2.24) is 4.57 Å². The van der Waals surface area contributed by atoms with Gasteiger partial charge in [0.05, 0.1) is 12.8 Å². The molecular weight excluding hydrogens is 313 g/mol. The largest absolute Gasteiger partial charge is 0.497 e. The number of fused-ring (bicyclic) bond motifs is 1. The first-order valence-electron chi connectivity index (χ1n) is 8.14. The highest BCUT2D eigenvalue weighted by atomic mass is 19.1. The van der Waals surface area contributed by atoms with Crippen molar-refractivity contribution in [1.29, 1.82) is 0 Å². The molecule has 0 bridgehead atoms. The SMILES string of the molecule is COc1ccc2c([c]c(-c3ccc(F)cc3)n2Cc2ccccc2)c1. The molecule has 123 valence electrons. The molecule has 0 amide bonds. The molecule has 0 atom stereocenters. The van der Waals surface area contributed by atoms with Crippen LogP contribution in [0.2, 0.25) is 0 Å². The van der Waals surface area contributed by atoms with E-state index in [9.17, 15) is 4.39 Å². The molecule has 0 unspecified atom stereocenters. The lowest BCUT2D eigenvalue weighted by molar-refractivity contribution is 0.415. The second-order valence-electron chi connectivity index (χ2n) is 5.94. The Morgan fingerprint density at radius 2 is 1.72 bits per heavy atom. The van der Waals surface area contributed by atoms with Crippen molar-refractivity contribution in [2.75, 3.05) is 7.11 Å². The third-order valence-electron chi connectivity index (χ3n) is 4.32. The fourth-order valence-electron chi connectivity index (χ4n) is 3.06. The third-order valence-corrected chi connectivity index (χ3v) is 4.32. The molecule has 3 heteroatoms. The van der Waals surface area contributed by atoms with Crippen molar-refractivity contribution in [2.24, 2.45) is 0 Å². The number of hydrogen-bond acceptors (Lipinski definition) is 1. The fraction of sp³-hybridized carbons (Fsp3) is 0.0909. The van der Waals surface area contributed by atoms with Gasteiger partial charge in [0.25, 0.3) is 0 Å². The molecular formula is C22H17FNO. The molecule has 0 spiro atoms. The summed E-state index contributed by atoms with van der Waals surface area (Å²) in [5, 5.41) is 0.981. The van der Waals surface area contributed by atoms with E-state index in [-0.39, 0.29) is 5.82 Å². The highest BCUT2D eigenvalue weighted by molar-refractivity contribution is 5.87. The molecule has 1 radical (unpaired) electrons. The van der Waals surface area contributed by atoms with Crippen LogP contribution in [0, 0.1) is 11.9 Å². The van der Waals surface area contributed by atoms with E-state index in [0.717, 1.165) is 34.5 Å². The van der Waals surface area contributed by atoms with Crippen LogP contribution in [0.15, 0.2) is 72.8 Å². The highest BCUT2D eigenvalue weighted by Gasteiger charge is 2.13. The maximum absolute atomic E-state index is 13.3. The minimum absolute atomic E-state index is 0.240. The molecule has 4 rings (SSSR count). The zero-order valence-corrected chi connectivity index (χ0v) is 13.9. The molecule has 0 aliphatic rings. The Kier molecular flexibility index (Phi) is 3.98. The van der Waals surface area contributed by atoms with Gasteiger partial charge in [0.1, 0.15) is 11.6 Å². The lowest BCUT2D eigenvalue weighted by atomic mass is 10.1. The second-order valence-corrected chi connectivity index (χ2v) is 5.94. The molecule has 2 nitrogen and oxygen atoms in total. The van der Waals surface area contributed by atoms with Crippen LogP contribution in [-0.4, -0.2) is 11.7 Å². The second kappa shape index (κ2) is 6.44. The van der Waals surface area contributed by atoms with Crippen molar-refractivity contribution < 1.29 is 9.13 Å². The van der Waals surface area contributed by atoms with Gasteiger partial charge in [-0.25, -0.2) is 4.39 Å². The molecule has 1 aromatic heterocycles. The van der Waals surface area contributed by atoms with Gasteiger partial charge in [-0.2, -0.15) is 0 Å². The molecule has 0 fully saturated rings. The van der Waals surface area contributed by atoms with Gasteiger partial charge in [-0.1, -0.05) is 30.3 Å². The smallest absolute Gasteiger partial charge is 0.123 e. The van der Waals surface area contributed by atoms with Gasteiger partial charge in [-0.15, -0.1) is 0 Å². The van der Waals surface area contributed by atoms with Gasteiger partial charge in [-0.3, -0.25) is 0 Å². The topological polar surface area (TPSA) is 14.2 Å². The first kappa shape index (κ1) is 15.5. The minimum atomic E-state index is -0.240. The number of ether oxygens (including phenoxy) is 1. The average Bonchev–Trinajstić information content (AvgIpc) is 3.01. The van der Waals surface area contributed by atoms with Crippen molar-refractivity contribution in [3.05, 3.63) is 90.2 Å². The van der Waals surface area contributed by atoms with Crippen LogP contribution in [0.3, 0.4) is 0 Å². The number of hydrogen-bond donors (Lipinski definition) is 0. The number of nitrogens with zero attached hydrogens (tertiary/aromatic N) is 1. The lowest BCUT2D eigenvalue weighted by Crippen LogP contribution is -2.01. The van der Waals surface area contributed by atoms with Crippen LogP contribution in [0.4, 0.5) is 4.39 Å². The molecule has 3 aromatic carbocycles. The molecule has 0 saturated carbocycles. The van der Waals surface area contributed by atoms with Gasteiger partial charge in [0.2, 0.25) is 0 Å². The molecule has 0 N–H and O–H groups in total. The van der Waals surface area contributed by atoms with Gasteiger partial charge in [-0.05, 0) is 53.6 Å². The van der Waals surface area contributed by atoms with E-state index in [1.807, 2.05) is 36.4 Å². The van der Waals surface area contributed by atoms with Crippen LogP contribution in [0.5, 0.6) is 5.75 Å². The fourth-order valence-corrected chi connectivity index (χ4v) is 3.06. The normalized spacial score (nSPS) is 11.0. The van der Waals surface area contributed by atoms with E-state index >= 15 is 0 Å². The standard InChI is InChI=1S/C22H17FNO/c1-25-20-11-12-21-18(13-20)14-22(17-7-9-19(23)10-8-17)24(21)15-16-5-3-2-4-6-16/h2-13H,15H2,1H3. The summed E-state index contributed by atoms with van der Waals surface area (Å²) in [7, 11) is 1.66. The number of rotatable bonds is 4. The van der Waals surface area contributed by atoms with Crippen molar-refractivity contribution in [2.45, 2.75) is 6.54 Å². The number of benzene rings is 3. The van der Waals surface area contributed by atoms with Crippen LogP contribution in [0.25, 0.3) is 22.2 Å². The first-order valence-corrected chi connectivity index (χ1v) is 8.14. The lowest BCUT2D eigenvalue weighted by Gasteiger charge is -2.11. The van der Waals surface area contributed by atoms with E-state index in [4.69, 9.17) is 4.74 Å². The summed E-state index contributed by atoms with van der Waals surface area (Å²) >= 11 is 0. The van der Waals surface area contributed by atoms with Crippen LogP contribution >= 0.6 is 0 Å². The number of methoxy groups -OCH3 is 1. The summed E-state index contributed by atoms with van der Waals surface area (Å²) in [6, 6.07) is 26.2. The maximum atomic E-state index is 13.3. The minimum Gasteiger partial charge on any atom is -0.497 e. The first-order chi connectivity index (χ1) is 12.2. The Bertz CT molecular complexity index is 1000. The maximum Gasteiger partial charge on any atom is 0.123 e. The third kappa shape index (κ3) is 3.01. The Morgan fingerprint density at radius 1 is 0.960 bits per heavy atom. The van der Waals surface area contributed by atoms with E-state index < -0.39 is 0 Å². The zero-order valence-electron chi connectivity index (χ0n) is 13.9. The number of halogens is 1. The summed E-state index contributed by atoms with van der Waals surface area (Å²) in [5.41, 5.74) is 4.15. The van der Waals surface area contributed by atoms with Crippen molar-refractivity contribution >= 4 is 10.9 Å². The van der Waals surface area contributed by atoms with Gasteiger partial charge in [0.15, 0.2) is 0 Å². The van der Waals surface area contributed by atoms with E-state index in [2.05, 4.69) is 22.8 Å². The van der Waals surface area contributed by atoms with E-state index in [0.29, 0.717) is 0 Å². The Labute approximate surface area is 146 Å². The molecule has 0 aliphatic heterocycles. The summed E-state index contributed by atoms with van der Waals surface area (Å²) in [6.45, 7) is 0.722. The van der Waals surface area contributed by atoms with Crippen LogP contribution in [0.1, 0.15) is 5.56 Å². The molecule has 0 saturated heterocycles. The summed E-state index contributed by atoms with van der Waals surface area (Å²) in [5.74, 6) is 0.558. The van der Waals surface area contributed by atoms with Crippen LogP contribution in [-0.2, 0) is 6.54 Å². The summed E-state index contributed by atoms with van der Waals surface area (Å²) in [6.07, 6.45) is 0. The summed E-state index contributed by atoms with van der Waals surface area (Å²) in [4.78, 5) is 0. The number of aromatic nitrogens is 1. The molecule has 4 aromatic rings. The quantitative estimate of drug-likeness (QED) is 0.495. The predicted octanol–water partition coefficient (Wildman–Crippen LogP) is 5.30. The molecule has 1 heterocycles. The average molecular weight is 330 g/mol. The predicted molar refractivity (Wildman–Crippen MR) is 98.3 cm³/mol. The van der Waals surface area contributed by atoms with Gasteiger partial charge >= 0.3 is 0 Å². The highest BCUT2D eigenvalue weighted by Crippen LogP contribution is 2.31. The summed E-state index contributed by atoms with van der Waals surface area (Å²) < 4.78 is 20.9. The van der Waals surface area contributed by atoms with Crippen molar-refractivity contribution in [3.63, 3.8) is 0 Å². The van der Waals surface area contributed by atoms with E-state index in [1.165, 1.54) is 17.7 Å². The Hall–Kier alpha value is -3.07. The van der Waals surface area contributed by atoms with Crippen LogP contribution < -0.4 is 4.74 Å². The van der Waals surface area contributed by atoms with E-state index in [1.54, 1.807) is 19.2 Å². The van der Waals surface area contributed by atoms with Gasteiger partial charge < -0.3 is 9.30 Å². The zero-order chi connectivity index (χ0) is 17.2.